The first-order chi connectivity index (χ1) is 12.5. The summed E-state index contributed by atoms with van der Waals surface area (Å²) in [5, 5.41) is 23.6. The molecular weight excluding hydrogens is 394 g/mol. The molecule has 0 spiro atoms. The van der Waals surface area contributed by atoms with Crippen LogP contribution in [0, 0.1) is 21.4 Å². The maximum absolute atomic E-state index is 13.2. The normalized spacial score (nSPS) is 17.5. The van der Waals surface area contributed by atoms with E-state index in [1.807, 2.05) is 0 Å². The highest BCUT2D eigenvalue weighted by Gasteiger charge is 2.37. The number of nitro groups is 1. The highest BCUT2D eigenvalue weighted by Crippen LogP contribution is 2.32. The molecule has 0 saturated carbocycles. The third-order valence-corrected chi connectivity index (χ3v) is 6.11. The minimum Gasteiger partial charge on any atom is -0.313 e. The fourth-order valence-corrected chi connectivity index (χ4v) is 4.73. The van der Waals surface area contributed by atoms with Crippen molar-refractivity contribution in [2.24, 2.45) is 0 Å². The summed E-state index contributed by atoms with van der Waals surface area (Å²) in [6, 6.07) is 8.25. The number of benzene rings is 1. The molecule has 1 aliphatic heterocycles. The van der Waals surface area contributed by atoms with Gasteiger partial charge in [0.05, 0.1) is 11.0 Å². The van der Waals surface area contributed by atoms with Crippen molar-refractivity contribution in [3.63, 3.8) is 0 Å². The van der Waals surface area contributed by atoms with Gasteiger partial charge in [-0.25, -0.2) is 8.42 Å². The summed E-state index contributed by atoms with van der Waals surface area (Å²) < 4.78 is 27.7. The van der Waals surface area contributed by atoms with Gasteiger partial charge >= 0.3 is 0 Å². The van der Waals surface area contributed by atoms with Gasteiger partial charge in [0, 0.05) is 38.1 Å². The molecule has 0 aliphatic carbocycles. The molecule has 1 aromatic heterocycles. The van der Waals surface area contributed by atoms with Crippen LogP contribution in [0.3, 0.4) is 0 Å². The lowest BCUT2D eigenvalue weighted by atomic mass is 10.1. The molecule has 11 heteroatoms. The van der Waals surface area contributed by atoms with Crippen molar-refractivity contribution in [1.29, 1.82) is 5.26 Å². The summed E-state index contributed by atoms with van der Waals surface area (Å²) in [5.74, 6) is 0. The van der Waals surface area contributed by atoms with Gasteiger partial charge in [0.25, 0.3) is 5.69 Å². The fraction of sp³-hybridized carbons (Fsp3) is 0.250. The van der Waals surface area contributed by atoms with Crippen molar-refractivity contribution in [3.05, 3.63) is 64.0 Å². The summed E-state index contributed by atoms with van der Waals surface area (Å²) in [6.45, 7) is 0.990. The molecular formula is C16H16ClN5O4S. The number of sulfonamides is 1. The molecule has 1 N–H and O–H groups in total. The van der Waals surface area contributed by atoms with E-state index < -0.39 is 32.2 Å². The van der Waals surface area contributed by atoms with Crippen LogP contribution in [0.25, 0.3) is 0 Å². The van der Waals surface area contributed by atoms with Crippen LogP contribution in [0.4, 0.5) is 5.69 Å². The van der Waals surface area contributed by atoms with E-state index in [9.17, 15) is 23.8 Å². The average molecular weight is 410 g/mol. The Balaban J connectivity index is 0.00000261. The monoisotopic (exact) mass is 409 g/mol. The molecule has 2 heterocycles. The first kappa shape index (κ1) is 20.7. The van der Waals surface area contributed by atoms with Crippen LogP contribution >= 0.6 is 12.4 Å². The molecule has 1 atom stereocenters. The maximum Gasteiger partial charge on any atom is 0.288 e. The Morgan fingerprint density at radius 3 is 2.74 bits per heavy atom. The largest absolute Gasteiger partial charge is 0.313 e. The lowest BCUT2D eigenvalue weighted by Crippen LogP contribution is -2.48. The van der Waals surface area contributed by atoms with E-state index in [4.69, 9.17) is 0 Å². The van der Waals surface area contributed by atoms with Gasteiger partial charge in [0.1, 0.15) is 16.5 Å². The van der Waals surface area contributed by atoms with Crippen LogP contribution in [-0.2, 0) is 10.0 Å². The third-order valence-electron chi connectivity index (χ3n) is 4.16. The zero-order chi connectivity index (χ0) is 18.7. The number of piperazine rings is 1. The van der Waals surface area contributed by atoms with Crippen LogP contribution in [0.1, 0.15) is 17.2 Å². The zero-order valence-corrected chi connectivity index (χ0v) is 15.6. The van der Waals surface area contributed by atoms with Crippen molar-refractivity contribution in [2.75, 3.05) is 19.6 Å². The van der Waals surface area contributed by atoms with Gasteiger partial charge in [-0.05, 0) is 17.7 Å². The van der Waals surface area contributed by atoms with Crippen molar-refractivity contribution in [3.8, 4) is 6.07 Å². The molecule has 0 amide bonds. The highest BCUT2D eigenvalue weighted by molar-refractivity contribution is 7.89. The van der Waals surface area contributed by atoms with E-state index in [-0.39, 0.29) is 23.8 Å². The summed E-state index contributed by atoms with van der Waals surface area (Å²) in [7, 11) is -4.12. The molecule has 0 bridgehead atoms. The number of rotatable bonds is 4. The summed E-state index contributed by atoms with van der Waals surface area (Å²) >= 11 is 0. The van der Waals surface area contributed by atoms with E-state index in [0.717, 1.165) is 6.07 Å². The number of hydrogen-bond acceptors (Lipinski definition) is 7. The second kappa shape index (κ2) is 8.41. The van der Waals surface area contributed by atoms with Crippen molar-refractivity contribution >= 4 is 28.1 Å². The van der Waals surface area contributed by atoms with Gasteiger partial charge < -0.3 is 5.32 Å². The van der Waals surface area contributed by atoms with Crippen LogP contribution in [0.5, 0.6) is 0 Å². The fourth-order valence-electron chi connectivity index (χ4n) is 2.96. The lowest BCUT2D eigenvalue weighted by Gasteiger charge is -2.35. The number of aromatic nitrogens is 1. The third kappa shape index (κ3) is 3.91. The number of hydrogen-bond donors (Lipinski definition) is 1. The smallest absolute Gasteiger partial charge is 0.288 e. The predicted octanol–water partition coefficient (Wildman–Crippen LogP) is 1.62. The molecule has 1 saturated heterocycles. The molecule has 0 radical (unpaired) electrons. The standard InChI is InChI=1S/C16H15N5O4S.ClH/c17-9-13-14(21(22)23)4-1-5-16(13)26(24,25)20-8-7-19-11-15(20)12-3-2-6-18-10-12;/h1-6,10,15,19H,7-8,11H2;1H. The number of nitrogens with one attached hydrogen (secondary N) is 1. The topological polar surface area (TPSA) is 129 Å². The van der Waals surface area contributed by atoms with Crippen LogP contribution in [0.2, 0.25) is 0 Å². The van der Waals surface area contributed by atoms with E-state index in [1.54, 1.807) is 30.6 Å². The molecule has 142 valence electrons. The summed E-state index contributed by atoms with van der Waals surface area (Å²) in [6.07, 6.45) is 3.17. The minimum atomic E-state index is -4.12. The van der Waals surface area contributed by atoms with Crippen LogP contribution in [0.15, 0.2) is 47.6 Å². The second-order valence-corrected chi connectivity index (χ2v) is 7.50. The summed E-state index contributed by atoms with van der Waals surface area (Å²) in [5.41, 5.74) is -0.283. The Bertz CT molecular complexity index is 978. The molecule has 1 aliphatic rings. The Hall–Kier alpha value is -2.58. The lowest BCUT2D eigenvalue weighted by molar-refractivity contribution is -0.385. The summed E-state index contributed by atoms with van der Waals surface area (Å²) in [4.78, 5) is 14.1. The van der Waals surface area contributed by atoms with E-state index in [0.29, 0.717) is 18.7 Å². The van der Waals surface area contributed by atoms with Crippen molar-refractivity contribution in [2.45, 2.75) is 10.9 Å². The molecule has 1 aromatic carbocycles. The molecule has 1 fully saturated rings. The Morgan fingerprint density at radius 2 is 2.11 bits per heavy atom. The number of halogens is 1. The number of pyridine rings is 1. The molecule has 9 nitrogen and oxygen atoms in total. The van der Waals surface area contributed by atoms with Crippen molar-refractivity contribution in [1.82, 2.24) is 14.6 Å². The molecule has 3 rings (SSSR count). The Morgan fingerprint density at radius 1 is 1.33 bits per heavy atom. The quantitative estimate of drug-likeness (QED) is 0.599. The van der Waals surface area contributed by atoms with Crippen molar-refractivity contribution < 1.29 is 13.3 Å². The van der Waals surface area contributed by atoms with E-state index in [1.165, 1.54) is 16.4 Å². The van der Waals surface area contributed by atoms with E-state index >= 15 is 0 Å². The number of nitrogens with zero attached hydrogens (tertiary/aromatic N) is 4. The van der Waals surface area contributed by atoms with Gasteiger partial charge in [-0.3, -0.25) is 15.1 Å². The zero-order valence-electron chi connectivity index (χ0n) is 14.0. The van der Waals surface area contributed by atoms with Crippen LogP contribution < -0.4 is 5.32 Å². The van der Waals surface area contributed by atoms with Gasteiger partial charge in [-0.2, -0.15) is 9.57 Å². The van der Waals surface area contributed by atoms with Gasteiger partial charge in [0.15, 0.2) is 0 Å². The predicted molar refractivity (Wildman–Crippen MR) is 98.8 cm³/mol. The van der Waals surface area contributed by atoms with Gasteiger partial charge in [-0.15, -0.1) is 12.4 Å². The number of nitriles is 1. The molecule has 1 unspecified atom stereocenters. The SMILES string of the molecule is Cl.N#Cc1c([N+](=O)[O-])cccc1S(=O)(=O)N1CCNCC1c1cccnc1. The van der Waals surface area contributed by atoms with Gasteiger partial charge in [-0.1, -0.05) is 12.1 Å². The van der Waals surface area contributed by atoms with E-state index in [2.05, 4.69) is 10.3 Å². The average Bonchev–Trinajstić information content (AvgIpc) is 2.67. The molecule has 27 heavy (non-hydrogen) atoms. The first-order valence-corrected chi connectivity index (χ1v) is 9.21. The minimum absolute atomic E-state index is 0. The molecule has 2 aromatic rings. The number of nitro benzene ring substituents is 1. The van der Waals surface area contributed by atoms with Crippen LogP contribution in [-0.4, -0.2) is 42.3 Å². The Labute approximate surface area is 162 Å². The Kier molecular flexibility index (Phi) is 6.45. The highest BCUT2D eigenvalue weighted by atomic mass is 35.5. The maximum atomic E-state index is 13.2. The first-order valence-electron chi connectivity index (χ1n) is 7.77. The second-order valence-electron chi connectivity index (χ2n) is 5.64. The van der Waals surface area contributed by atoms with Gasteiger partial charge in [0.2, 0.25) is 10.0 Å².